The molecule has 132 valence electrons. The molecule has 1 N–H and O–H groups in total. The molecule has 1 atom stereocenters. The molecule has 1 aromatic carbocycles. The van der Waals surface area contributed by atoms with E-state index in [1.54, 1.807) is 0 Å². The number of para-hydroxylation sites is 1. The van der Waals surface area contributed by atoms with Crippen LogP contribution < -0.4 is 5.32 Å². The van der Waals surface area contributed by atoms with E-state index in [4.69, 9.17) is 4.98 Å². The van der Waals surface area contributed by atoms with E-state index >= 15 is 0 Å². The molecule has 2 saturated heterocycles. The van der Waals surface area contributed by atoms with Gasteiger partial charge in [-0.15, -0.1) is 47.9 Å². The zero-order valence-electron chi connectivity index (χ0n) is 13.1. The molecule has 1 aromatic heterocycles. The Labute approximate surface area is 162 Å². The van der Waals surface area contributed by atoms with E-state index in [9.17, 15) is 4.79 Å². The molecule has 8 heteroatoms. The maximum Gasteiger partial charge on any atom is 0.240 e. The van der Waals surface area contributed by atoms with Crippen LogP contribution in [0.1, 0.15) is 23.8 Å². The van der Waals surface area contributed by atoms with Gasteiger partial charge >= 0.3 is 0 Å². The van der Waals surface area contributed by atoms with Crippen LogP contribution in [0.3, 0.4) is 0 Å². The Hall–Kier alpha value is -0.530. The lowest BCUT2D eigenvalue weighted by Crippen LogP contribution is -2.47. The molecule has 0 spiro atoms. The van der Waals surface area contributed by atoms with E-state index < -0.39 is 0 Å². The predicted molar refractivity (Wildman–Crippen MR) is 107 cm³/mol. The maximum atomic E-state index is 12.4. The van der Waals surface area contributed by atoms with Gasteiger partial charge in [-0.25, -0.2) is 4.98 Å². The highest BCUT2D eigenvalue weighted by Gasteiger charge is 2.31. The number of nitrogens with zero attached hydrogens (tertiary/aromatic N) is 2. The van der Waals surface area contributed by atoms with E-state index in [2.05, 4.69) is 23.5 Å². The average molecular weight is 406 g/mol. The number of piperidine rings is 1. The van der Waals surface area contributed by atoms with Crippen molar-refractivity contribution in [2.24, 2.45) is 0 Å². The van der Waals surface area contributed by atoms with Crippen molar-refractivity contribution in [1.29, 1.82) is 0 Å². The van der Waals surface area contributed by atoms with Gasteiger partial charge in [0.1, 0.15) is 0 Å². The number of carbonyl (C=O) groups excluding carboxylic acids is 1. The molecular formula is C16H21Cl2N3OS2. The Balaban J connectivity index is 0.00000104. The number of hydrogen-bond donors (Lipinski definition) is 1. The fraction of sp³-hybridized carbons (Fsp3) is 0.500. The lowest BCUT2D eigenvalue weighted by atomic mass is 9.97. The van der Waals surface area contributed by atoms with Crippen molar-refractivity contribution in [2.45, 2.75) is 24.8 Å². The van der Waals surface area contributed by atoms with Crippen LogP contribution in [0.2, 0.25) is 0 Å². The number of nitrogens with one attached hydrogen (secondary N) is 1. The molecule has 4 nitrogen and oxygen atoms in total. The Morgan fingerprint density at radius 2 is 1.96 bits per heavy atom. The number of fused-ring (bicyclic) bond motifs is 1. The van der Waals surface area contributed by atoms with Crippen LogP contribution in [0.5, 0.6) is 0 Å². The minimum atomic E-state index is 0. The molecule has 2 fully saturated rings. The first kappa shape index (κ1) is 19.8. The topological polar surface area (TPSA) is 45.2 Å². The molecule has 24 heavy (non-hydrogen) atoms. The highest BCUT2D eigenvalue weighted by molar-refractivity contribution is 7.99. The van der Waals surface area contributed by atoms with Gasteiger partial charge in [-0.3, -0.25) is 10.1 Å². The van der Waals surface area contributed by atoms with Gasteiger partial charge in [0.05, 0.1) is 21.3 Å². The summed E-state index contributed by atoms with van der Waals surface area (Å²) in [6, 6.07) is 8.36. The third-order valence-electron chi connectivity index (χ3n) is 4.48. The highest BCUT2D eigenvalue weighted by Crippen LogP contribution is 2.34. The van der Waals surface area contributed by atoms with Crippen molar-refractivity contribution in [3.8, 4) is 0 Å². The van der Waals surface area contributed by atoms with E-state index in [1.807, 2.05) is 34.1 Å². The standard InChI is InChI=1S/C16H19N3OS2.2ClH/c20-16(13-9-21-10-17-13)19-7-5-11(6-8-19)15-18-12-3-1-2-4-14(12)22-15;;/h1-4,11,13,17H,5-10H2;2*1H. The highest BCUT2D eigenvalue weighted by atomic mass is 35.5. The summed E-state index contributed by atoms with van der Waals surface area (Å²) >= 11 is 3.62. The summed E-state index contributed by atoms with van der Waals surface area (Å²) in [5.41, 5.74) is 1.10. The quantitative estimate of drug-likeness (QED) is 0.829. The van der Waals surface area contributed by atoms with Gasteiger partial charge in [0.25, 0.3) is 0 Å². The SMILES string of the molecule is Cl.Cl.O=C(C1CSCN1)N1CCC(c2nc3ccccc3s2)CC1. The number of benzene rings is 1. The van der Waals surface area contributed by atoms with Gasteiger partial charge in [0.15, 0.2) is 0 Å². The first-order chi connectivity index (χ1) is 10.8. The summed E-state index contributed by atoms with van der Waals surface area (Å²) in [6.07, 6.45) is 2.07. The number of carbonyl (C=O) groups is 1. The number of thiazole rings is 1. The monoisotopic (exact) mass is 405 g/mol. The minimum Gasteiger partial charge on any atom is -0.341 e. The molecule has 4 rings (SSSR count). The smallest absolute Gasteiger partial charge is 0.240 e. The lowest BCUT2D eigenvalue weighted by Gasteiger charge is -2.32. The molecule has 1 unspecified atom stereocenters. The maximum absolute atomic E-state index is 12.4. The Kier molecular flexibility index (Phi) is 7.19. The van der Waals surface area contributed by atoms with Crippen LogP contribution in [0.25, 0.3) is 10.2 Å². The van der Waals surface area contributed by atoms with Gasteiger partial charge in [0.2, 0.25) is 5.91 Å². The van der Waals surface area contributed by atoms with Crippen LogP contribution in [-0.2, 0) is 4.79 Å². The van der Waals surface area contributed by atoms with Crippen LogP contribution in [0, 0.1) is 0 Å². The Morgan fingerprint density at radius 1 is 1.21 bits per heavy atom. The first-order valence-electron chi connectivity index (χ1n) is 7.76. The third-order valence-corrected chi connectivity index (χ3v) is 6.62. The molecule has 2 aliphatic heterocycles. The Bertz CT molecular complexity index is 650. The molecule has 1 amide bonds. The van der Waals surface area contributed by atoms with Gasteiger partial charge in [0, 0.05) is 30.6 Å². The number of aromatic nitrogens is 1. The Morgan fingerprint density at radius 3 is 2.62 bits per heavy atom. The number of halogens is 2. The van der Waals surface area contributed by atoms with Crippen LogP contribution >= 0.6 is 47.9 Å². The number of rotatable bonds is 2. The molecule has 3 heterocycles. The van der Waals surface area contributed by atoms with E-state index in [-0.39, 0.29) is 36.8 Å². The van der Waals surface area contributed by atoms with Crippen LogP contribution in [0.4, 0.5) is 0 Å². The summed E-state index contributed by atoms with van der Waals surface area (Å²) in [4.78, 5) is 19.2. The number of amides is 1. The normalized spacial score (nSPS) is 21.3. The van der Waals surface area contributed by atoms with Crippen LogP contribution in [0.15, 0.2) is 24.3 Å². The summed E-state index contributed by atoms with van der Waals surface area (Å²) in [5.74, 6) is 2.61. The van der Waals surface area contributed by atoms with Crippen LogP contribution in [-0.4, -0.2) is 46.6 Å². The van der Waals surface area contributed by atoms with Gasteiger partial charge in [-0.05, 0) is 25.0 Å². The number of hydrogen-bond acceptors (Lipinski definition) is 5. The molecule has 2 aliphatic rings. The fourth-order valence-corrected chi connectivity index (χ4v) is 5.26. The van der Waals surface area contributed by atoms with Crippen molar-refractivity contribution < 1.29 is 4.79 Å². The minimum absolute atomic E-state index is 0. The summed E-state index contributed by atoms with van der Waals surface area (Å²) in [7, 11) is 0. The molecule has 0 saturated carbocycles. The zero-order chi connectivity index (χ0) is 14.9. The second-order valence-electron chi connectivity index (χ2n) is 5.89. The van der Waals surface area contributed by atoms with E-state index in [0.717, 1.165) is 43.1 Å². The summed E-state index contributed by atoms with van der Waals surface area (Å²) in [5, 5.41) is 4.51. The molecule has 0 bridgehead atoms. The molecule has 0 radical (unpaired) electrons. The molecule has 2 aromatic rings. The van der Waals surface area contributed by atoms with Crippen molar-refractivity contribution in [2.75, 3.05) is 24.7 Å². The zero-order valence-corrected chi connectivity index (χ0v) is 16.4. The predicted octanol–water partition coefficient (Wildman–Crippen LogP) is 3.51. The van der Waals surface area contributed by atoms with Crippen molar-refractivity contribution in [3.05, 3.63) is 29.3 Å². The molecule has 0 aliphatic carbocycles. The van der Waals surface area contributed by atoms with Gasteiger partial charge < -0.3 is 4.90 Å². The van der Waals surface area contributed by atoms with Gasteiger partial charge in [-0.2, -0.15) is 0 Å². The number of likely N-dealkylation sites (tertiary alicyclic amines) is 1. The van der Waals surface area contributed by atoms with E-state index in [0.29, 0.717) is 5.92 Å². The fourth-order valence-electron chi connectivity index (χ4n) is 3.19. The average Bonchev–Trinajstić information content (AvgIpc) is 3.23. The number of thioether (sulfide) groups is 1. The third kappa shape index (κ3) is 3.99. The second-order valence-corrected chi connectivity index (χ2v) is 7.98. The van der Waals surface area contributed by atoms with E-state index in [1.165, 1.54) is 9.71 Å². The lowest BCUT2D eigenvalue weighted by molar-refractivity contribution is -0.133. The first-order valence-corrected chi connectivity index (χ1v) is 9.74. The van der Waals surface area contributed by atoms with Crippen molar-refractivity contribution in [3.63, 3.8) is 0 Å². The molecular weight excluding hydrogens is 385 g/mol. The summed E-state index contributed by atoms with van der Waals surface area (Å²) in [6.45, 7) is 1.73. The van der Waals surface area contributed by atoms with Crippen molar-refractivity contribution in [1.82, 2.24) is 15.2 Å². The summed E-state index contributed by atoms with van der Waals surface area (Å²) < 4.78 is 1.27. The largest absolute Gasteiger partial charge is 0.341 e. The van der Waals surface area contributed by atoms with Gasteiger partial charge in [-0.1, -0.05) is 12.1 Å². The van der Waals surface area contributed by atoms with Crippen molar-refractivity contribution >= 4 is 64.0 Å². The second kappa shape index (κ2) is 8.72.